The van der Waals surface area contributed by atoms with Crippen LogP contribution >= 0.6 is 0 Å². The molecule has 0 saturated heterocycles. The van der Waals surface area contributed by atoms with Crippen molar-refractivity contribution < 1.29 is 9.59 Å². The van der Waals surface area contributed by atoms with Crippen LogP contribution < -0.4 is 5.84 Å². The van der Waals surface area contributed by atoms with E-state index in [1.54, 1.807) is 14.1 Å². The third-order valence-corrected chi connectivity index (χ3v) is 1.40. The van der Waals surface area contributed by atoms with Gasteiger partial charge in [0.15, 0.2) is 0 Å². The number of rotatable bonds is 1. The highest BCUT2D eigenvalue weighted by molar-refractivity contribution is 6.34. The van der Waals surface area contributed by atoms with Gasteiger partial charge in [-0.3, -0.25) is 19.6 Å². The lowest BCUT2D eigenvalue weighted by molar-refractivity contribution is -0.157. The molecule has 12 heavy (non-hydrogen) atoms. The molecule has 0 aliphatic carbocycles. The zero-order chi connectivity index (χ0) is 9.89. The normalized spacial score (nSPS) is 9.83. The largest absolute Gasteiger partial charge is 0.327 e. The van der Waals surface area contributed by atoms with E-state index in [0.717, 1.165) is 5.01 Å². The number of nitrogens with zero attached hydrogens (tertiary/aromatic N) is 3. The topological polar surface area (TPSA) is 69.9 Å². The highest BCUT2D eigenvalue weighted by Crippen LogP contribution is 1.89. The van der Waals surface area contributed by atoms with Crippen molar-refractivity contribution >= 4 is 11.8 Å². The van der Waals surface area contributed by atoms with Crippen molar-refractivity contribution in [2.45, 2.75) is 0 Å². The van der Waals surface area contributed by atoms with Crippen LogP contribution in [0.15, 0.2) is 0 Å². The van der Waals surface area contributed by atoms with Gasteiger partial charge < -0.3 is 0 Å². The van der Waals surface area contributed by atoms with E-state index in [9.17, 15) is 9.59 Å². The molecule has 0 atom stereocenters. The Labute approximate surface area is 71.4 Å². The molecule has 0 spiro atoms. The molecule has 0 aliphatic heterocycles. The van der Waals surface area contributed by atoms with E-state index in [4.69, 9.17) is 5.84 Å². The van der Waals surface area contributed by atoms with Gasteiger partial charge in [-0.05, 0) is 0 Å². The Morgan fingerprint density at radius 1 is 1.00 bits per heavy atom. The Kier molecular flexibility index (Phi) is 3.65. The van der Waals surface area contributed by atoms with Gasteiger partial charge in [0, 0.05) is 28.2 Å². The highest BCUT2D eigenvalue weighted by atomic mass is 16.2. The summed E-state index contributed by atoms with van der Waals surface area (Å²) in [5.74, 6) is 3.69. The summed E-state index contributed by atoms with van der Waals surface area (Å²) in [7, 11) is 6.12. The Morgan fingerprint density at radius 2 is 1.42 bits per heavy atom. The van der Waals surface area contributed by atoms with Crippen molar-refractivity contribution in [1.82, 2.24) is 15.0 Å². The van der Waals surface area contributed by atoms with Crippen molar-refractivity contribution in [2.75, 3.05) is 28.2 Å². The number of nitrogens with two attached hydrogens (primary N) is 1. The molecule has 0 aromatic heterocycles. The third-order valence-electron chi connectivity index (χ3n) is 1.40. The number of carbonyl (C=O) groups is 2. The molecule has 0 heterocycles. The fourth-order valence-electron chi connectivity index (χ4n) is 0.471. The molecule has 6 nitrogen and oxygen atoms in total. The molecule has 70 valence electrons. The molecule has 0 fully saturated rings. The van der Waals surface area contributed by atoms with Crippen LogP contribution in [0.5, 0.6) is 0 Å². The molecule has 0 rings (SSSR count). The molecule has 0 aliphatic rings. The SMILES string of the molecule is CN(N)C(=O)C(=O)N(C)N(C)C. The second-order valence-corrected chi connectivity index (χ2v) is 2.59. The molecule has 0 aromatic carbocycles. The van der Waals surface area contributed by atoms with Crippen molar-refractivity contribution in [2.24, 2.45) is 5.84 Å². The van der Waals surface area contributed by atoms with Gasteiger partial charge in [-0.1, -0.05) is 0 Å². The summed E-state index contributed by atoms with van der Waals surface area (Å²) in [6.07, 6.45) is 0. The van der Waals surface area contributed by atoms with Gasteiger partial charge in [-0.25, -0.2) is 10.9 Å². The van der Waals surface area contributed by atoms with Gasteiger partial charge in [0.05, 0.1) is 0 Å². The number of amides is 2. The number of hydrogen-bond donors (Lipinski definition) is 1. The Bertz CT molecular complexity index is 190. The lowest BCUT2D eigenvalue weighted by Crippen LogP contribution is -2.49. The number of carbonyl (C=O) groups excluding carboxylic acids is 2. The summed E-state index contributed by atoms with van der Waals surface area (Å²) in [5, 5.41) is 3.41. The molecular formula is C6H14N4O2. The van der Waals surface area contributed by atoms with Gasteiger partial charge in [-0.15, -0.1) is 0 Å². The van der Waals surface area contributed by atoms with Crippen LogP contribution in [0.25, 0.3) is 0 Å². The molecule has 0 saturated carbocycles. The quantitative estimate of drug-likeness (QED) is 0.221. The van der Waals surface area contributed by atoms with E-state index >= 15 is 0 Å². The van der Waals surface area contributed by atoms with E-state index < -0.39 is 11.8 Å². The summed E-state index contributed by atoms with van der Waals surface area (Å²) in [5.41, 5.74) is 0. The monoisotopic (exact) mass is 174 g/mol. The first-order valence-corrected chi connectivity index (χ1v) is 3.35. The standard InChI is InChI=1S/C6H14N4O2/c1-8(2)10(4)6(12)5(11)9(3)7/h7H2,1-4H3. The minimum atomic E-state index is -0.744. The van der Waals surface area contributed by atoms with Crippen molar-refractivity contribution in [3.05, 3.63) is 0 Å². The lowest BCUT2D eigenvalue weighted by Gasteiger charge is -2.24. The predicted octanol–water partition coefficient (Wildman–Crippen LogP) is -1.75. The van der Waals surface area contributed by atoms with E-state index in [2.05, 4.69) is 0 Å². The van der Waals surface area contributed by atoms with Crippen LogP contribution in [0.4, 0.5) is 0 Å². The lowest BCUT2D eigenvalue weighted by atomic mass is 10.5. The smallest absolute Gasteiger partial charge is 0.275 e. The van der Waals surface area contributed by atoms with Crippen molar-refractivity contribution in [1.29, 1.82) is 0 Å². The molecule has 0 bridgehead atoms. The van der Waals surface area contributed by atoms with Gasteiger partial charge in [0.1, 0.15) is 0 Å². The summed E-state index contributed by atoms with van der Waals surface area (Å²) < 4.78 is 0. The number of likely N-dealkylation sites (N-methyl/N-ethyl adjacent to an activating group) is 2. The number of hydrazine groups is 2. The second-order valence-electron chi connectivity index (χ2n) is 2.59. The van der Waals surface area contributed by atoms with Crippen LogP contribution in [0.1, 0.15) is 0 Å². The van der Waals surface area contributed by atoms with Gasteiger partial charge in [-0.2, -0.15) is 0 Å². The Balaban J connectivity index is 4.30. The fraction of sp³-hybridized carbons (Fsp3) is 0.667. The van der Waals surface area contributed by atoms with Crippen LogP contribution in [0.2, 0.25) is 0 Å². The maximum Gasteiger partial charge on any atom is 0.327 e. The average Bonchev–Trinajstić information content (AvgIpc) is 2.00. The molecule has 2 amide bonds. The average molecular weight is 174 g/mol. The zero-order valence-corrected chi connectivity index (χ0v) is 7.74. The molecule has 6 heteroatoms. The van der Waals surface area contributed by atoms with Crippen molar-refractivity contribution in [3.8, 4) is 0 Å². The minimum Gasteiger partial charge on any atom is -0.275 e. The first-order chi connectivity index (χ1) is 5.37. The van der Waals surface area contributed by atoms with Gasteiger partial charge in [0.2, 0.25) is 0 Å². The number of hydrogen-bond acceptors (Lipinski definition) is 4. The van der Waals surface area contributed by atoms with Crippen molar-refractivity contribution in [3.63, 3.8) is 0 Å². The first kappa shape index (κ1) is 10.9. The second kappa shape index (κ2) is 4.03. The van der Waals surface area contributed by atoms with Crippen LogP contribution in [0.3, 0.4) is 0 Å². The molecule has 2 N–H and O–H groups in total. The first-order valence-electron chi connectivity index (χ1n) is 3.35. The zero-order valence-electron chi connectivity index (χ0n) is 7.74. The maximum absolute atomic E-state index is 11.1. The highest BCUT2D eigenvalue weighted by Gasteiger charge is 2.21. The predicted molar refractivity (Wildman–Crippen MR) is 43.4 cm³/mol. The molecule has 0 unspecified atom stereocenters. The molecular weight excluding hydrogens is 160 g/mol. The van der Waals surface area contributed by atoms with Gasteiger partial charge in [0.25, 0.3) is 0 Å². The van der Waals surface area contributed by atoms with E-state index in [0.29, 0.717) is 0 Å². The van der Waals surface area contributed by atoms with Crippen LogP contribution in [0, 0.1) is 0 Å². The minimum absolute atomic E-state index is 0.662. The third kappa shape index (κ3) is 2.48. The summed E-state index contributed by atoms with van der Waals surface area (Å²) in [6.45, 7) is 0. The summed E-state index contributed by atoms with van der Waals surface area (Å²) >= 11 is 0. The fourth-order valence-corrected chi connectivity index (χ4v) is 0.471. The van der Waals surface area contributed by atoms with Crippen LogP contribution in [-0.2, 0) is 9.59 Å². The van der Waals surface area contributed by atoms with Crippen LogP contribution in [-0.4, -0.2) is 55.0 Å². The van der Waals surface area contributed by atoms with E-state index in [1.165, 1.54) is 24.1 Å². The summed E-state index contributed by atoms with van der Waals surface area (Å²) in [6, 6.07) is 0. The van der Waals surface area contributed by atoms with Gasteiger partial charge >= 0.3 is 11.8 Å². The van der Waals surface area contributed by atoms with E-state index in [1.807, 2.05) is 0 Å². The maximum atomic E-state index is 11.1. The Morgan fingerprint density at radius 3 is 1.67 bits per heavy atom. The van der Waals surface area contributed by atoms with E-state index in [-0.39, 0.29) is 0 Å². The molecule has 0 aromatic rings. The summed E-state index contributed by atoms with van der Waals surface area (Å²) in [4.78, 5) is 22.1. The Hall–Kier alpha value is -1.14. The molecule has 0 radical (unpaired) electrons.